The summed E-state index contributed by atoms with van der Waals surface area (Å²) < 4.78 is 11.3. The maximum atomic E-state index is 13.2. The van der Waals surface area contributed by atoms with E-state index < -0.39 is 18.0 Å². The van der Waals surface area contributed by atoms with Gasteiger partial charge in [0.05, 0.1) is 23.4 Å². The smallest absolute Gasteiger partial charge is 0.339 e. The molecule has 166 valence electrons. The van der Waals surface area contributed by atoms with Crippen molar-refractivity contribution < 1.29 is 19.1 Å². The first kappa shape index (κ1) is 22.3. The first-order valence-electron chi connectivity index (χ1n) is 10.4. The van der Waals surface area contributed by atoms with E-state index in [2.05, 4.69) is 10.3 Å². The maximum absolute atomic E-state index is 13.2. The Kier molecular flexibility index (Phi) is 6.86. The van der Waals surface area contributed by atoms with Gasteiger partial charge in [0.2, 0.25) is 6.10 Å². The molecule has 1 aromatic heterocycles. The second-order valence-corrected chi connectivity index (χ2v) is 7.54. The van der Waals surface area contributed by atoms with Gasteiger partial charge in [0.1, 0.15) is 10.9 Å². The Bertz CT molecular complexity index is 1290. The van der Waals surface area contributed by atoms with E-state index in [0.29, 0.717) is 39.8 Å². The number of carbonyl (C=O) groups excluding carboxylic acids is 2. The van der Waals surface area contributed by atoms with Gasteiger partial charge in [0.25, 0.3) is 5.91 Å². The molecule has 4 aromatic rings. The summed E-state index contributed by atoms with van der Waals surface area (Å²) in [6.45, 7) is 2.31. The fourth-order valence-electron chi connectivity index (χ4n) is 3.35. The number of pyridine rings is 1. The molecule has 1 heterocycles. The first-order valence-corrected chi connectivity index (χ1v) is 10.8. The third-order valence-electron chi connectivity index (χ3n) is 4.90. The number of hydrogen-bond acceptors (Lipinski definition) is 5. The van der Waals surface area contributed by atoms with Crippen molar-refractivity contribution in [3.8, 4) is 5.75 Å². The Morgan fingerprint density at radius 3 is 2.52 bits per heavy atom. The highest BCUT2D eigenvalue weighted by molar-refractivity contribution is 6.29. The van der Waals surface area contributed by atoms with Crippen LogP contribution in [0.2, 0.25) is 5.15 Å². The molecule has 1 unspecified atom stereocenters. The van der Waals surface area contributed by atoms with Crippen molar-refractivity contribution in [3.05, 3.63) is 101 Å². The van der Waals surface area contributed by atoms with Crippen LogP contribution >= 0.6 is 11.6 Å². The number of benzene rings is 3. The zero-order chi connectivity index (χ0) is 23.2. The lowest BCUT2D eigenvalue weighted by Gasteiger charge is -2.19. The van der Waals surface area contributed by atoms with Crippen LogP contribution in [0.25, 0.3) is 10.9 Å². The number of esters is 1. The van der Waals surface area contributed by atoms with Crippen molar-refractivity contribution in [2.45, 2.75) is 13.0 Å². The number of ether oxygens (including phenoxy) is 2. The van der Waals surface area contributed by atoms with Crippen LogP contribution in [0.4, 0.5) is 5.69 Å². The van der Waals surface area contributed by atoms with Gasteiger partial charge in [-0.1, -0.05) is 54.1 Å². The Hall–Kier alpha value is -3.90. The number of para-hydroxylation sites is 2. The molecule has 0 aliphatic heterocycles. The van der Waals surface area contributed by atoms with Crippen LogP contribution in [0.1, 0.15) is 28.9 Å². The van der Waals surface area contributed by atoms with Gasteiger partial charge in [-0.05, 0) is 49.4 Å². The molecule has 0 aliphatic rings. The molecule has 0 spiro atoms. The van der Waals surface area contributed by atoms with Crippen molar-refractivity contribution in [1.29, 1.82) is 0 Å². The van der Waals surface area contributed by atoms with Crippen molar-refractivity contribution in [1.82, 2.24) is 4.98 Å². The summed E-state index contributed by atoms with van der Waals surface area (Å²) >= 11 is 5.93. The zero-order valence-corrected chi connectivity index (χ0v) is 18.6. The van der Waals surface area contributed by atoms with Gasteiger partial charge >= 0.3 is 5.97 Å². The van der Waals surface area contributed by atoms with E-state index in [4.69, 9.17) is 21.1 Å². The van der Waals surface area contributed by atoms with Gasteiger partial charge in [0, 0.05) is 10.9 Å². The fourth-order valence-corrected chi connectivity index (χ4v) is 3.51. The van der Waals surface area contributed by atoms with E-state index >= 15 is 0 Å². The third kappa shape index (κ3) is 5.30. The monoisotopic (exact) mass is 460 g/mol. The predicted molar refractivity (Wildman–Crippen MR) is 128 cm³/mol. The first-order chi connectivity index (χ1) is 16.0. The van der Waals surface area contributed by atoms with Crippen LogP contribution in [-0.2, 0) is 9.53 Å². The highest BCUT2D eigenvalue weighted by Crippen LogP contribution is 2.27. The van der Waals surface area contributed by atoms with Gasteiger partial charge in [-0.15, -0.1) is 0 Å². The number of nitrogens with one attached hydrogen (secondary N) is 1. The Morgan fingerprint density at radius 2 is 1.73 bits per heavy atom. The summed E-state index contributed by atoms with van der Waals surface area (Å²) in [7, 11) is 0. The largest absolute Gasteiger partial charge is 0.492 e. The highest BCUT2D eigenvalue weighted by Gasteiger charge is 2.26. The molecule has 3 aromatic carbocycles. The quantitative estimate of drug-likeness (QED) is 0.277. The molecule has 0 saturated heterocycles. The number of aromatic nitrogens is 1. The molecule has 1 amide bonds. The van der Waals surface area contributed by atoms with Crippen LogP contribution < -0.4 is 10.1 Å². The number of nitrogens with zero attached hydrogens (tertiary/aromatic N) is 1. The SMILES string of the molecule is CCOc1ccccc1NC(=O)C(OC(=O)c1ccc2nc(Cl)ccc2c1)c1ccccc1. The topological polar surface area (TPSA) is 77.5 Å². The fraction of sp³-hybridized carbons (Fsp3) is 0.115. The van der Waals surface area contributed by atoms with E-state index in [1.54, 1.807) is 72.8 Å². The van der Waals surface area contributed by atoms with Crippen LogP contribution in [0.5, 0.6) is 5.75 Å². The molecule has 1 atom stereocenters. The molecule has 0 fully saturated rings. The number of fused-ring (bicyclic) bond motifs is 1. The molecule has 6 nitrogen and oxygen atoms in total. The van der Waals surface area contributed by atoms with E-state index in [0.717, 1.165) is 5.39 Å². The molecule has 0 saturated carbocycles. The molecular formula is C26H21ClN2O4. The van der Waals surface area contributed by atoms with Crippen LogP contribution in [-0.4, -0.2) is 23.5 Å². The molecule has 0 aliphatic carbocycles. The average Bonchev–Trinajstić information content (AvgIpc) is 2.84. The summed E-state index contributed by atoms with van der Waals surface area (Å²) in [4.78, 5) is 30.4. The van der Waals surface area contributed by atoms with Gasteiger partial charge < -0.3 is 14.8 Å². The highest BCUT2D eigenvalue weighted by atomic mass is 35.5. The second-order valence-electron chi connectivity index (χ2n) is 7.16. The van der Waals surface area contributed by atoms with Gasteiger partial charge in [-0.25, -0.2) is 9.78 Å². The van der Waals surface area contributed by atoms with Crippen molar-refractivity contribution in [3.63, 3.8) is 0 Å². The molecule has 33 heavy (non-hydrogen) atoms. The van der Waals surface area contributed by atoms with E-state index in [1.165, 1.54) is 0 Å². The minimum absolute atomic E-state index is 0.301. The average molecular weight is 461 g/mol. The molecule has 0 radical (unpaired) electrons. The maximum Gasteiger partial charge on any atom is 0.339 e. The van der Waals surface area contributed by atoms with Crippen molar-refractivity contribution in [2.75, 3.05) is 11.9 Å². The van der Waals surface area contributed by atoms with Crippen LogP contribution in [0, 0.1) is 0 Å². The number of hydrogen-bond donors (Lipinski definition) is 1. The van der Waals surface area contributed by atoms with Gasteiger partial charge in [-0.2, -0.15) is 0 Å². The number of anilines is 1. The van der Waals surface area contributed by atoms with Gasteiger partial charge in [0.15, 0.2) is 0 Å². The predicted octanol–water partition coefficient (Wildman–Crippen LogP) is 5.82. The van der Waals surface area contributed by atoms with Crippen LogP contribution in [0.3, 0.4) is 0 Å². The summed E-state index contributed by atoms with van der Waals surface area (Å²) in [5.41, 5.74) is 2.00. The van der Waals surface area contributed by atoms with E-state index in [9.17, 15) is 9.59 Å². The summed E-state index contributed by atoms with van der Waals surface area (Å²) in [5, 5.41) is 3.92. The van der Waals surface area contributed by atoms with E-state index in [1.807, 2.05) is 19.1 Å². The minimum atomic E-state index is -1.16. The van der Waals surface area contributed by atoms with Gasteiger partial charge in [-0.3, -0.25) is 4.79 Å². The lowest BCUT2D eigenvalue weighted by atomic mass is 10.1. The standard InChI is InChI=1S/C26H21ClN2O4/c1-2-32-22-11-7-6-10-21(22)29-25(30)24(17-8-4-3-5-9-17)33-26(31)19-12-14-20-18(16-19)13-15-23(27)28-20/h3-16,24H,2H2,1H3,(H,29,30). The normalized spacial score (nSPS) is 11.6. The second kappa shape index (κ2) is 10.1. The lowest BCUT2D eigenvalue weighted by Crippen LogP contribution is -2.26. The molecule has 7 heteroatoms. The zero-order valence-electron chi connectivity index (χ0n) is 17.8. The number of amides is 1. The third-order valence-corrected chi connectivity index (χ3v) is 5.11. The van der Waals surface area contributed by atoms with Crippen molar-refractivity contribution >= 4 is 40.1 Å². The number of halogens is 1. The number of carbonyl (C=O) groups is 2. The summed E-state index contributed by atoms with van der Waals surface area (Å²) in [6.07, 6.45) is -1.16. The minimum Gasteiger partial charge on any atom is -0.492 e. The molecule has 0 bridgehead atoms. The Balaban J connectivity index is 1.61. The Labute approximate surface area is 196 Å². The summed E-state index contributed by atoms with van der Waals surface area (Å²) in [6, 6.07) is 24.3. The Morgan fingerprint density at radius 1 is 0.970 bits per heavy atom. The molecule has 4 rings (SSSR count). The van der Waals surface area contributed by atoms with E-state index in [-0.39, 0.29) is 0 Å². The molecular weight excluding hydrogens is 440 g/mol. The lowest BCUT2D eigenvalue weighted by molar-refractivity contribution is -0.125. The number of rotatable bonds is 7. The van der Waals surface area contributed by atoms with Crippen molar-refractivity contribution in [2.24, 2.45) is 0 Å². The summed E-state index contributed by atoms with van der Waals surface area (Å²) in [5.74, 6) is -0.586. The van der Waals surface area contributed by atoms with Crippen LogP contribution in [0.15, 0.2) is 84.9 Å². The molecule has 1 N–H and O–H groups in total.